The molecule has 0 aromatic heterocycles. The summed E-state index contributed by atoms with van der Waals surface area (Å²) in [4.78, 5) is 2.06. The van der Waals surface area contributed by atoms with Crippen molar-refractivity contribution in [3.8, 4) is 11.5 Å². The number of aliphatic hydroxyl groups excluding tert-OH is 1. The molecule has 0 amide bonds. The molecule has 0 atom stereocenters. The first kappa shape index (κ1) is 14.0. The Balaban J connectivity index is 2.21. The molecule has 1 heterocycles. The number of ether oxygens (including phenoxy) is 2. The summed E-state index contributed by atoms with van der Waals surface area (Å²) >= 11 is 0. The van der Waals surface area contributed by atoms with Crippen molar-refractivity contribution < 1.29 is 14.6 Å². The van der Waals surface area contributed by atoms with Crippen LogP contribution in [0.25, 0.3) is 0 Å². The highest BCUT2D eigenvalue weighted by molar-refractivity contribution is 5.58. The minimum atomic E-state index is -0.292. The predicted molar refractivity (Wildman–Crippen MR) is 74.5 cm³/mol. The van der Waals surface area contributed by atoms with E-state index in [0.29, 0.717) is 31.2 Å². The fourth-order valence-corrected chi connectivity index (χ4v) is 1.87. The van der Waals surface area contributed by atoms with Crippen LogP contribution in [-0.4, -0.2) is 42.4 Å². The van der Waals surface area contributed by atoms with Crippen LogP contribution >= 0.6 is 0 Å². The van der Waals surface area contributed by atoms with Crippen LogP contribution in [0.3, 0.4) is 0 Å². The molecule has 19 heavy (non-hydrogen) atoms. The van der Waals surface area contributed by atoms with E-state index in [4.69, 9.17) is 15.2 Å². The normalized spacial score (nSPS) is 14.8. The number of anilines is 1. The lowest BCUT2D eigenvalue weighted by Gasteiger charge is -2.34. The zero-order valence-electron chi connectivity index (χ0n) is 11.8. The second-order valence-corrected chi connectivity index (χ2v) is 5.52. The monoisotopic (exact) mass is 266 g/mol. The Bertz CT molecular complexity index is 460. The molecule has 0 unspecified atom stereocenters. The number of aliphatic hydroxyl groups is 1. The van der Waals surface area contributed by atoms with Gasteiger partial charge in [0.2, 0.25) is 0 Å². The number of hydrogen-bond acceptors (Lipinski definition) is 5. The molecular weight excluding hydrogens is 244 g/mol. The molecule has 5 heteroatoms. The number of likely N-dealkylation sites (N-methyl/N-ethyl adjacent to an activating group) is 1. The number of nitrogens with two attached hydrogens (primary N) is 1. The van der Waals surface area contributed by atoms with E-state index in [1.807, 2.05) is 33.0 Å². The number of fused-ring (bicyclic) bond motifs is 1. The standard InChI is InChI=1S/C14H22N2O3/c1-14(2,9-17)16(3)8-10-6-12-13(7-11(10)15)19-5-4-18-12/h6-7,17H,4-5,8-9,15H2,1-3H3. The first-order chi connectivity index (χ1) is 8.94. The maximum Gasteiger partial charge on any atom is 0.163 e. The Morgan fingerprint density at radius 3 is 2.42 bits per heavy atom. The fourth-order valence-electron chi connectivity index (χ4n) is 1.87. The molecule has 106 valence electrons. The minimum absolute atomic E-state index is 0.0912. The van der Waals surface area contributed by atoms with Crippen molar-refractivity contribution in [3.63, 3.8) is 0 Å². The highest BCUT2D eigenvalue weighted by Gasteiger charge is 2.24. The summed E-state index contributed by atoms with van der Waals surface area (Å²) in [6.45, 7) is 5.84. The van der Waals surface area contributed by atoms with Crippen LogP contribution in [0.2, 0.25) is 0 Å². The topological polar surface area (TPSA) is 68.0 Å². The van der Waals surface area contributed by atoms with E-state index in [1.165, 1.54) is 0 Å². The van der Waals surface area contributed by atoms with Crippen LogP contribution < -0.4 is 15.2 Å². The van der Waals surface area contributed by atoms with Crippen molar-refractivity contribution in [2.75, 3.05) is 32.6 Å². The van der Waals surface area contributed by atoms with Crippen LogP contribution in [-0.2, 0) is 6.54 Å². The van der Waals surface area contributed by atoms with Crippen LogP contribution in [0.1, 0.15) is 19.4 Å². The Kier molecular flexibility index (Phi) is 3.87. The summed E-state index contributed by atoms with van der Waals surface area (Å²) in [7, 11) is 1.96. The summed E-state index contributed by atoms with van der Waals surface area (Å²) in [6.07, 6.45) is 0. The summed E-state index contributed by atoms with van der Waals surface area (Å²) in [5.41, 5.74) is 7.43. The van der Waals surface area contributed by atoms with E-state index in [2.05, 4.69) is 4.90 Å². The molecule has 1 aromatic carbocycles. The van der Waals surface area contributed by atoms with Crippen LogP contribution in [0, 0.1) is 0 Å². The SMILES string of the molecule is CN(Cc1cc2c(cc1N)OCCO2)C(C)(C)CO. The Morgan fingerprint density at radius 2 is 1.84 bits per heavy atom. The smallest absolute Gasteiger partial charge is 0.163 e. The molecule has 1 aliphatic rings. The summed E-state index contributed by atoms with van der Waals surface area (Å²) in [6, 6.07) is 3.73. The van der Waals surface area contributed by atoms with Gasteiger partial charge in [0.1, 0.15) is 13.2 Å². The zero-order chi connectivity index (χ0) is 14.0. The number of rotatable bonds is 4. The van der Waals surface area contributed by atoms with E-state index in [0.717, 1.165) is 11.3 Å². The second-order valence-electron chi connectivity index (χ2n) is 5.52. The van der Waals surface area contributed by atoms with Gasteiger partial charge in [0, 0.05) is 23.8 Å². The summed E-state index contributed by atoms with van der Waals surface area (Å²) < 4.78 is 11.1. The van der Waals surface area contributed by atoms with Gasteiger partial charge in [0.15, 0.2) is 11.5 Å². The molecule has 1 aliphatic heterocycles. The largest absolute Gasteiger partial charge is 0.486 e. The quantitative estimate of drug-likeness (QED) is 0.803. The van der Waals surface area contributed by atoms with Gasteiger partial charge in [-0.15, -0.1) is 0 Å². The molecule has 0 spiro atoms. The first-order valence-corrected chi connectivity index (χ1v) is 6.44. The lowest BCUT2D eigenvalue weighted by molar-refractivity contribution is 0.0734. The lowest BCUT2D eigenvalue weighted by Crippen LogP contribution is -2.43. The molecule has 2 rings (SSSR count). The van der Waals surface area contributed by atoms with E-state index >= 15 is 0 Å². The van der Waals surface area contributed by atoms with Gasteiger partial charge in [-0.3, -0.25) is 4.90 Å². The average Bonchev–Trinajstić information content (AvgIpc) is 2.39. The maximum atomic E-state index is 9.39. The third kappa shape index (κ3) is 2.93. The highest BCUT2D eigenvalue weighted by Crippen LogP contribution is 2.35. The molecule has 1 aromatic rings. The van der Waals surface area contributed by atoms with Crippen molar-refractivity contribution >= 4 is 5.69 Å². The lowest BCUT2D eigenvalue weighted by atomic mass is 10.0. The third-order valence-corrected chi connectivity index (χ3v) is 3.63. The Labute approximate surface area is 113 Å². The molecule has 0 saturated heterocycles. The number of nitrogens with zero attached hydrogens (tertiary/aromatic N) is 1. The molecule has 0 fully saturated rings. The van der Waals surface area contributed by atoms with Gasteiger partial charge in [-0.2, -0.15) is 0 Å². The number of benzene rings is 1. The predicted octanol–water partition coefficient (Wildman–Crippen LogP) is 1.24. The van der Waals surface area contributed by atoms with Crippen molar-refractivity contribution in [3.05, 3.63) is 17.7 Å². The third-order valence-electron chi connectivity index (χ3n) is 3.63. The summed E-state index contributed by atoms with van der Waals surface area (Å²) in [5, 5.41) is 9.39. The Morgan fingerprint density at radius 1 is 1.26 bits per heavy atom. The molecule has 3 N–H and O–H groups in total. The van der Waals surface area contributed by atoms with Crippen LogP contribution in [0.4, 0.5) is 5.69 Å². The van der Waals surface area contributed by atoms with Gasteiger partial charge in [0.05, 0.1) is 6.61 Å². The number of hydrogen-bond donors (Lipinski definition) is 2. The second kappa shape index (κ2) is 5.27. The zero-order valence-corrected chi connectivity index (χ0v) is 11.8. The van der Waals surface area contributed by atoms with Crippen molar-refractivity contribution in [1.82, 2.24) is 4.90 Å². The van der Waals surface area contributed by atoms with E-state index < -0.39 is 0 Å². The average molecular weight is 266 g/mol. The van der Waals surface area contributed by atoms with Gasteiger partial charge >= 0.3 is 0 Å². The van der Waals surface area contributed by atoms with Crippen molar-refractivity contribution in [1.29, 1.82) is 0 Å². The first-order valence-electron chi connectivity index (χ1n) is 6.44. The summed E-state index contributed by atoms with van der Waals surface area (Å²) in [5.74, 6) is 1.45. The van der Waals surface area contributed by atoms with E-state index in [9.17, 15) is 5.11 Å². The van der Waals surface area contributed by atoms with Gasteiger partial charge in [-0.05, 0) is 32.5 Å². The van der Waals surface area contributed by atoms with Crippen LogP contribution in [0.15, 0.2) is 12.1 Å². The Hall–Kier alpha value is -1.46. The molecular formula is C14H22N2O3. The van der Waals surface area contributed by atoms with Crippen molar-refractivity contribution in [2.24, 2.45) is 0 Å². The molecule has 0 saturated carbocycles. The van der Waals surface area contributed by atoms with Gasteiger partial charge in [-0.25, -0.2) is 0 Å². The van der Waals surface area contributed by atoms with E-state index in [-0.39, 0.29) is 12.1 Å². The highest BCUT2D eigenvalue weighted by atomic mass is 16.6. The molecule has 0 aliphatic carbocycles. The molecule has 5 nitrogen and oxygen atoms in total. The van der Waals surface area contributed by atoms with Gasteiger partial charge < -0.3 is 20.3 Å². The fraction of sp³-hybridized carbons (Fsp3) is 0.571. The van der Waals surface area contributed by atoms with Gasteiger partial charge in [0.25, 0.3) is 0 Å². The van der Waals surface area contributed by atoms with Crippen molar-refractivity contribution in [2.45, 2.75) is 25.9 Å². The molecule has 0 radical (unpaired) electrons. The van der Waals surface area contributed by atoms with E-state index in [1.54, 1.807) is 0 Å². The van der Waals surface area contributed by atoms with Gasteiger partial charge in [-0.1, -0.05) is 0 Å². The maximum absolute atomic E-state index is 9.39. The molecule has 0 bridgehead atoms. The number of nitrogen functional groups attached to an aromatic ring is 1. The van der Waals surface area contributed by atoms with Crippen LogP contribution in [0.5, 0.6) is 11.5 Å². The minimum Gasteiger partial charge on any atom is -0.486 e.